The van der Waals surface area contributed by atoms with Gasteiger partial charge in [-0.25, -0.2) is 0 Å². The molecule has 89 heavy (non-hydrogen) atoms. The maximum atomic E-state index is 13.1. The van der Waals surface area contributed by atoms with Crippen molar-refractivity contribution in [2.24, 2.45) is 0 Å². The molecule has 0 fully saturated rings. The SMILES string of the molecule is CC/C=C\C/C=C\C/C=C\C/C=C\C/C=C\C/C=C\C/C=C\C/C=C\C/C=C\C/C=C\CCCCCCCCCCCCC(=O)NC(COP(=O)([O-])OCC[N+](C)(C)C)C(O)/C=C/CCCCCCCCCCCCCCCCCCCCCCCCCC. The molecule has 0 saturated heterocycles. The summed E-state index contributed by atoms with van der Waals surface area (Å²) in [6, 6.07) is -0.899. The normalized spacial score (nSPS) is 14.4. The molecule has 0 bridgehead atoms. The van der Waals surface area contributed by atoms with Gasteiger partial charge in [0.1, 0.15) is 13.2 Å². The van der Waals surface area contributed by atoms with Crippen molar-refractivity contribution in [3.05, 3.63) is 134 Å². The molecule has 0 rings (SSSR count). The molecule has 512 valence electrons. The van der Waals surface area contributed by atoms with Gasteiger partial charge in [-0.05, 0) is 96.3 Å². The minimum Gasteiger partial charge on any atom is -0.756 e. The number of nitrogens with zero attached hydrogens (tertiary/aromatic N) is 1. The van der Waals surface area contributed by atoms with Gasteiger partial charge in [-0.1, -0.05) is 347 Å². The van der Waals surface area contributed by atoms with Crippen molar-refractivity contribution in [2.45, 2.75) is 328 Å². The van der Waals surface area contributed by atoms with Crippen molar-refractivity contribution < 1.29 is 32.9 Å². The summed E-state index contributed by atoms with van der Waals surface area (Å²) in [7, 11) is 1.25. The number of carbonyl (C=O) groups excluding carboxylic acids is 1. The van der Waals surface area contributed by atoms with Crippen molar-refractivity contribution in [2.75, 3.05) is 40.9 Å². The second kappa shape index (κ2) is 69.0. The quantitative estimate of drug-likeness (QED) is 0.0272. The molecular formula is C80H141N2O6P. The van der Waals surface area contributed by atoms with Gasteiger partial charge in [0.25, 0.3) is 7.82 Å². The first-order chi connectivity index (χ1) is 43.5. The number of aliphatic hydroxyl groups excluding tert-OH is 1. The second-order valence-electron chi connectivity index (χ2n) is 25.9. The Hall–Kier alpha value is -3.36. The lowest BCUT2D eigenvalue weighted by Gasteiger charge is -2.29. The van der Waals surface area contributed by atoms with E-state index in [1.54, 1.807) is 6.08 Å². The number of phosphoric ester groups is 1. The molecule has 0 aliphatic rings. The van der Waals surface area contributed by atoms with E-state index in [1.165, 1.54) is 186 Å². The highest BCUT2D eigenvalue weighted by molar-refractivity contribution is 7.45. The van der Waals surface area contributed by atoms with Crippen LogP contribution in [0.3, 0.4) is 0 Å². The number of hydrogen-bond donors (Lipinski definition) is 2. The average Bonchev–Trinajstić information content (AvgIpc) is 3.61. The fraction of sp³-hybridized carbons (Fsp3) is 0.713. The van der Waals surface area contributed by atoms with Crippen LogP contribution >= 0.6 is 7.82 Å². The Labute approximate surface area is 551 Å². The van der Waals surface area contributed by atoms with Gasteiger partial charge >= 0.3 is 0 Å². The van der Waals surface area contributed by atoms with Gasteiger partial charge in [0, 0.05) is 6.42 Å². The third kappa shape index (κ3) is 71.9. The number of phosphoric acid groups is 1. The Balaban J connectivity index is 4.10. The van der Waals surface area contributed by atoms with Crippen molar-refractivity contribution in [1.82, 2.24) is 5.32 Å². The number of quaternary nitrogens is 1. The predicted molar refractivity (Wildman–Crippen MR) is 389 cm³/mol. The molecular weight excluding hydrogens is 1120 g/mol. The minimum atomic E-state index is -4.61. The topological polar surface area (TPSA) is 108 Å². The monoisotopic (exact) mass is 1260 g/mol. The number of aliphatic hydroxyl groups is 1. The summed E-state index contributed by atoms with van der Waals surface area (Å²) in [4.78, 5) is 25.7. The van der Waals surface area contributed by atoms with E-state index in [0.29, 0.717) is 17.4 Å². The molecule has 0 aromatic rings. The summed E-state index contributed by atoms with van der Waals surface area (Å²) in [6.45, 7) is 4.56. The molecule has 0 radical (unpaired) electrons. The summed E-state index contributed by atoms with van der Waals surface area (Å²) >= 11 is 0. The molecule has 0 aliphatic heterocycles. The summed E-state index contributed by atoms with van der Waals surface area (Å²) in [5.74, 6) is -0.203. The minimum absolute atomic E-state index is 0.00685. The van der Waals surface area contributed by atoms with Crippen LogP contribution in [0.4, 0.5) is 0 Å². The van der Waals surface area contributed by atoms with E-state index in [9.17, 15) is 19.4 Å². The maximum absolute atomic E-state index is 13.1. The van der Waals surface area contributed by atoms with Gasteiger partial charge in [0.15, 0.2) is 0 Å². The van der Waals surface area contributed by atoms with E-state index in [0.717, 1.165) is 109 Å². The fourth-order valence-electron chi connectivity index (χ4n) is 10.4. The smallest absolute Gasteiger partial charge is 0.268 e. The Morgan fingerprint density at radius 1 is 0.404 bits per heavy atom. The van der Waals surface area contributed by atoms with Crippen LogP contribution < -0.4 is 10.2 Å². The van der Waals surface area contributed by atoms with Crippen LogP contribution in [-0.2, 0) is 18.4 Å². The first kappa shape index (κ1) is 85.6. The zero-order valence-electron chi connectivity index (χ0n) is 58.6. The summed E-state index contributed by atoms with van der Waals surface area (Å²) in [6.07, 6.45) is 104. The number of unbranched alkanes of at least 4 members (excludes halogenated alkanes) is 34. The number of rotatable bonds is 67. The lowest BCUT2D eigenvalue weighted by molar-refractivity contribution is -0.870. The molecule has 0 spiro atoms. The molecule has 0 aromatic heterocycles. The highest BCUT2D eigenvalue weighted by Gasteiger charge is 2.23. The molecule has 8 nitrogen and oxygen atoms in total. The molecule has 3 unspecified atom stereocenters. The molecule has 0 saturated carbocycles. The summed E-state index contributed by atoms with van der Waals surface area (Å²) in [5.41, 5.74) is 0. The molecule has 0 aromatic carbocycles. The highest BCUT2D eigenvalue weighted by Crippen LogP contribution is 2.38. The number of nitrogens with one attached hydrogen (secondary N) is 1. The lowest BCUT2D eigenvalue weighted by atomic mass is 10.0. The first-order valence-corrected chi connectivity index (χ1v) is 38.5. The van der Waals surface area contributed by atoms with Crippen molar-refractivity contribution >= 4 is 13.7 Å². The van der Waals surface area contributed by atoms with Gasteiger partial charge in [0.2, 0.25) is 5.91 Å². The molecule has 0 aliphatic carbocycles. The standard InChI is InChI=1S/C80H141N2O6P/c1-6-8-10-12-14-16-18-20-22-24-26-28-30-32-34-35-36-37-38-39-40-41-42-43-44-45-46-47-48-50-52-54-56-58-60-62-64-66-68-70-72-74-80(84)81-78(77-88-89(85,86)87-76-75-82(3,4)5)79(83)73-71-69-67-65-63-61-59-57-55-53-51-49-33-31-29-27-25-23-21-19-17-15-13-11-9-7-2/h8,10,14,16,20,22,26,28,32,34,36-37,39-40,42-43,45-46,48,50,71,73,78-79,83H,6-7,9,11-13,15,17-19,21,23-25,27,29-31,33,35,38,41,44,47,49,51-70,72,74-77H2,1-5H3,(H-,81,84,85,86)/b10-8-,16-14-,22-20-,28-26-,34-32-,37-36-,40-39-,43-42-,46-45-,50-48-,73-71+. The van der Waals surface area contributed by atoms with Crippen molar-refractivity contribution in [1.29, 1.82) is 0 Å². The highest BCUT2D eigenvalue weighted by atomic mass is 31.2. The third-order valence-electron chi connectivity index (χ3n) is 16.1. The maximum Gasteiger partial charge on any atom is 0.268 e. The van der Waals surface area contributed by atoms with Gasteiger partial charge in [0.05, 0.1) is 39.9 Å². The molecule has 3 atom stereocenters. The van der Waals surface area contributed by atoms with Crippen LogP contribution in [0.5, 0.6) is 0 Å². The van der Waals surface area contributed by atoms with E-state index in [4.69, 9.17) is 9.05 Å². The predicted octanol–water partition coefficient (Wildman–Crippen LogP) is 23.5. The van der Waals surface area contributed by atoms with Crippen LogP contribution in [0.25, 0.3) is 0 Å². The van der Waals surface area contributed by atoms with Crippen LogP contribution in [-0.4, -0.2) is 68.5 Å². The molecule has 9 heteroatoms. The molecule has 2 N–H and O–H groups in total. The van der Waals surface area contributed by atoms with Gasteiger partial charge in [-0.3, -0.25) is 9.36 Å². The van der Waals surface area contributed by atoms with E-state index in [-0.39, 0.29) is 19.1 Å². The molecule has 0 heterocycles. The van der Waals surface area contributed by atoms with Gasteiger partial charge in [-0.2, -0.15) is 0 Å². The molecule has 1 amide bonds. The van der Waals surface area contributed by atoms with Crippen LogP contribution in [0.1, 0.15) is 316 Å². The Bertz CT molecular complexity index is 1920. The Kier molecular flexibility index (Phi) is 66.4. The zero-order chi connectivity index (χ0) is 64.8. The van der Waals surface area contributed by atoms with Gasteiger partial charge < -0.3 is 28.8 Å². The number of likely N-dealkylation sites (N-methyl/N-ethyl adjacent to an activating group) is 1. The van der Waals surface area contributed by atoms with Crippen LogP contribution in [0.2, 0.25) is 0 Å². The van der Waals surface area contributed by atoms with E-state index in [2.05, 4.69) is 141 Å². The largest absolute Gasteiger partial charge is 0.756 e. The van der Waals surface area contributed by atoms with Crippen LogP contribution in [0, 0.1) is 0 Å². The number of allylic oxidation sites excluding steroid dienone is 21. The second-order valence-corrected chi connectivity index (χ2v) is 27.3. The Morgan fingerprint density at radius 3 is 1.00 bits per heavy atom. The van der Waals surface area contributed by atoms with Crippen molar-refractivity contribution in [3.8, 4) is 0 Å². The average molecular weight is 1260 g/mol. The third-order valence-corrected chi connectivity index (χ3v) is 17.1. The summed E-state index contributed by atoms with van der Waals surface area (Å²) in [5, 5.41) is 14.0. The number of amides is 1. The van der Waals surface area contributed by atoms with Gasteiger partial charge in [-0.15, -0.1) is 0 Å². The van der Waals surface area contributed by atoms with Crippen LogP contribution in [0.15, 0.2) is 134 Å². The number of hydrogen-bond acceptors (Lipinski definition) is 6. The fourth-order valence-corrected chi connectivity index (χ4v) is 11.1. The summed E-state index contributed by atoms with van der Waals surface area (Å²) < 4.78 is 23.5. The van der Waals surface area contributed by atoms with Crippen molar-refractivity contribution in [3.63, 3.8) is 0 Å². The Morgan fingerprint density at radius 2 is 0.685 bits per heavy atom. The van der Waals surface area contributed by atoms with E-state index < -0.39 is 20.0 Å². The van der Waals surface area contributed by atoms with E-state index >= 15 is 0 Å². The lowest BCUT2D eigenvalue weighted by Crippen LogP contribution is -2.45. The van der Waals surface area contributed by atoms with E-state index in [1.807, 2.05) is 27.2 Å². The first-order valence-electron chi connectivity index (χ1n) is 37.0. The number of carbonyl (C=O) groups is 1. The zero-order valence-corrected chi connectivity index (χ0v) is 59.5.